The summed E-state index contributed by atoms with van der Waals surface area (Å²) in [5.41, 5.74) is 2.82. The van der Waals surface area contributed by atoms with Gasteiger partial charge in [-0.1, -0.05) is 46.3 Å². The van der Waals surface area contributed by atoms with Crippen LogP contribution in [0.5, 0.6) is 11.5 Å². The molecule has 3 aromatic carbocycles. The van der Waals surface area contributed by atoms with Crippen LogP contribution in [0.2, 0.25) is 0 Å². The summed E-state index contributed by atoms with van der Waals surface area (Å²) in [6.07, 6.45) is 3.21. The molecule has 0 aliphatic heterocycles. The Morgan fingerprint density at radius 3 is 2.61 bits per heavy atom. The summed E-state index contributed by atoms with van der Waals surface area (Å²) in [6.45, 7) is 1.92. The molecule has 3 rings (SSSR count). The summed E-state index contributed by atoms with van der Waals surface area (Å²) in [5.74, 6) is 0.661. The second-order valence-corrected chi connectivity index (χ2v) is 7.71. The fourth-order valence-electron chi connectivity index (χ4n) is 2.97. The van der Waals surface area contributed by atoms with E-state index in [0.717, 1.165) is 15.6 Å². The van der Waals surface area contributed by atoms with Gasteiger partial charge in [0, 0.05) is 21.7 Å². The third-order valence-corrected chi connectivity index (χ3v) is 5.03. The van der Waals surface area contributed by atoms with Crippen LogP contribution in [-0.4, -0.2) is 17.8 Å². The highest BCUT2D eigenvalue weighted by Gasteiger charge is 2.16. The third-order valence-electron chi connectivity index (χ3n) is 4.54. The molecule has 0 unspecified atom stereocenters. The zero-order chi connectivity index (χ0) is 22.4. The molecule has 31 heavy (non-hydrogen) atoms. The van der Waals surface area contributed by atoms with E-state index in [1.807, 2.05) is 25.1 Å². The molecular weight excluding hydrogens is 462 g/mol. The number of carbonyl (C=O) groups is 1. The molecule has 0 spiro atoms. The van der Waals surface area contributed by atoms with Crippen LogP contribution in [0.3, 0.4) is 0 Å². The minimum Gasteiger partial charge on any atom is -0.496 e. The van der Waals surface area contributed by atoms with Crippen LogP contribution in [0, 0.1) is 17.0 Å². The number of benzene rings is 3. The van der Waals surface area contributed by atoms with Crippen LogP contribution in [0.4, 0.5) is 5.69 Å². The summed E-state index contributed by atoms with van der Waals surface area (Å²) >= 11 is 3.36. The Balaban J connectivity index is 1.81. The first-order valence-corrected chi connectivity index (χ1v) is 10.2. The minimum atomic E-state index is -0.473. The molecule has 0 atom stereocenters. The van der Waals surface area contributed by atoms with E-state index >= 15 is 0 Å². The smallest absolute Gasteiger partial charge is 0.310 e. The molecule has 0 bridgehead atoms. The van der Waals surface area contributed by atoms with Gasteiger partial charge in [0.25, 0.3) is 0 Å². The highest BCUT2D eigenvalue weighted by Crippen LogP contribution is 2.30. The summed E-state index contributed by atoms with van der Waals surface area (Å²) in [4.78, 5) is 23.2. The SMILES string of the molecule is COc1ccc(/C=C/C(=O)c2cccc(Br)c2)cc1COc1cc(C)ccc1[N+](=O)[O-]. The van der Waals surface area contributed by atoms with Crippen LogP contribution in [0.1, 0.15) is 27.0 Å². The Hall–Kier alpha value is -3.45. The van der Waals surface area contributed by atoms with E-state index in [0.29, 0.717) is 16.9 Å². The largest absolute Gasteiger partial charge is 0.496 e. The van der Waals surface area contributed by atoms with Crippen molar-refractivity contribution >= 4 is 33.5 Å². The number of nitrogens with zero attached hydrogens (tertiary/aromatic N) is 1. The number of allylic oxidation sites excluding steroid dienone is 1. The Labute approximate surface area is 188 Å². The molecule has 0 aliphatic rings. The van der Waals surface area contributed by atoms with Gasteiger partial charge < -0.3 is 9.47 Å². The lowest BCUT2D eigenvalue weighted by atomic mass is 10.1. The van der Waals surface area contributed by atoms with E-state index in [-0.39, 0.29) is 23.8 Å². The fourth-order valence-corrected chi connectivity index (χ4v) is 3.37. The summed E-state index contributed by atoms with van der Waals surface area (Å²) < 4.78 is 12.0. The summed E-state index contributed by atoms with van der Waals surface area (Å²) in [5, 5.41) is 11.3. The van der Waals surface area contributed by atoms with Gasteiger partial charge in [-0.3, -0.25) is 14.9 Å². The first-order chi connectivity index (χ1) is 14.9. The summed E-state index contributed by atoms with van der Waals surface area (Å²) in [6, 6.07) is 17.3. The van der Waals surface area contributed by atoms with Crippen LogP contribution in [0.15, 0.2) is 71.2 Å². The van der Waals surface area contributed by atoms with Gasteiger partial charge in [0.05, 0.1) is 12.0 Å². The molecular formula is C24H20BrNO5. The Morgan fingerprint density at radius 2 is 1.90 bits per heavy atom. The van der Waals surface area contributed by atoms with E-state index in [9.17, 15) is 14.9 Å². The number of ketones is 1. The molecule has 0 aliphatic carbocycles. The molecule has 3 aromatic rings. The zero-order valence-corrected chi connectivity index (χ0v) is 18.6. The van der Waals surface area contributed by atoms with Crippen molar-refractivity contribution in [3.05, 3.63) is 104 Å². The molecule has 0 saturated heterocycles. The van der Waals surface area contributed by atoms with Crippen molar-refractivity contribution in [2.45, 2.75) is 13.5 Å². The average Bonchev–Trinajstić information content (AvgIpc) is 2.75. The number of ether oxygens (including phenoxy) is 2. The normalized spacial score (nSPS) is 10.8. The number of hydrogen-bond acceptors (Lipinski definition) is 5. The van der Waals surface area contributed by atoms with Crippen molar-refractivity contribution in [3.8, 4) is 11.5 Å². The lowest BCUT2D eigenvalue weighted by Crippen LogP contribution is -2.02. The highest BCUT2D eigenvalue weighted by molar-refractivity contribution is 9.10. The van der Waals surface area contributed by atoms with E-state index < -0.39 is 4.92 Å². The van der Waals surface area contributed by atoms with Crippen LogP contribution < -0.4 is 9.47 Å². The van der Waals surface area contributed by atoms with E-state index in [1.54, 1.807) is 49.6 Å². The maximum atomic E-state index is 12.4. The van der Waals surface area contributed by atoms with Crippen molar-refractivity contribution < 1.29 is 19.2 Å². The van der Waals surface area contributed by atoms with Gasteiger partial charge in [-0.05, 0) is 54.5 Å². The predicted octanol–water partition coefficient (Wildman–Crippen LogP) is 6.15. The number of aryl methyl sites for hydroxylation is 1. The van der Waals surface area contributed by atoms with Crippen molar-refractivity contribution in [1.29, 1.82) is 0 Å². The monoisotopic (exact) mass is 481 g/mol. The van der Waals surface area contributed by atoms with Gasteiger partial charge in [0.15, 0.2) is 11.5 Å². The van der Waals surface area contributed by atoms with Gasteiger partial charge in [-0.25, -0.2) is 0 Å². The number of methoxy groups -OCH3 is 1. The van der Waals surface area contributed by atoms with Crippen molar-refractivity contribution in [2.24, 2.45) is 0 Å². The number of halogens is 1. The molecule has 0 fully saturated rings. The third kappa shape index (κ3) is 5.79. The second kappa shape index (κ2) is 10.0. The fraction of sp³-hybridized carbons (Fsp3) is 0.125. The minimum absolute atomic E-state index is 0.0781. The van der Waals surface area contributed by atoms with Gasteiger partial charge >= 0.3 is 5.69 Å². The first kappa shape index (κ1) is 22.2. The molecule has 7 heteroatoms. The van der Waals surface area contributed by atoms with E-state index in [2.05, 4.69) is 15.9 Å². The van der Waals surface area contributed by atoms with Crippen molar-refractivity contribution in [2.75, 3.05) is 7.11 Å². The molecule has 0 heterocycles. The Kier molecular flexibility index (Phi) is 7.20. The quantitative estimate of drug-likeness (QED) is 0.167. The number of rotatable bonds is 8. The first-order valence-electron chi connectivity index (χ1n) is 9.40. The Morgan fingerprint density at radius 1 is 1.10 bits per heavy atom. The maximum absolute atomic E-state index is 12.4. The molecule has 0 N–H and O–H groups in total. The lowest BCUT2D eigenvalue weighted by molar-refractivity contribution is -0.386. The maximum Gasteiger partial charge on any atom is 0.310 e. The predicted molar refractivity (Wildman–Crippen MR) is 123 cm³/mol. The molecule has 0 radical (unpaired) electrons. The standard InChI is InChI=1S/C24H20BrNO5/c1-16-6-9-21(26(28)29)24(12-16)31-15-19-13-17(8-11-23(19)30-2)7-10-22(27)18-4-3-5-20(25)14-18/h3-14H,15H2,1-2H3/b10-7+. The number of hydrogen-bond donors (Lipinski definition) is 0. The number of nitro groups is 1. The summed E-state index contributed by atoms with van der Waals surface area (Å²) in [7, 11) is 1.54. The Bertz CT molecular complexity index is 1160. The van der Waals surface area contributed by atoms with E-state index in [4.69, 9.17) is 9.47 Å². The van der Waals surface area contributed by atoms with Gasteiger partial charge in [0.2, 0.25) is 0 Å². The zero-order valence-electron chi connectivity index (χ0n) is 17.0. The van der Waals surface area contributed by atoms with Crippen LogP contribution in [-0.2, 0) is 6.61 Å². The number of carbonyl (C=O) groups excluding carboxylic acids is 1. The van der Waals surface area contributed by atoms with Crippen LogP contribution >= 0.6 is 15.9 Å². The highest BCUT2D eigenvalue weighted by atomic mass is 79.9. The van der Waals surface area contributed by atoms with Crippen molar-refractivity contribution in [3.63, 3.8) is 0 Å². The molecule has 158 valence electrons. The van der Waals surface area contributed by atoms with Crippen molar-refractivity contribution in [1.82, 2.24) is 0 Å². The lowest BCUT2D eigenvalue weighted by Gasteiger charge is -2.12. The average molecular weight is 482 g/mol. The van der Waals surface area contributed by atoms with Crippen LogP contribution in [0.25, 0.3) is 6.08 Å². The number of nitro benzene ring substituents is 1. The van der Waals surface area contributed by atoms with Gasteiger partial charge in [0.1, 0.15) is 12.4 Å². The molecule has 6 nitrogen and oxygen atoms in total. The molecule has 0 aromatic heterocycles. The molecule has 0 saturated carbocycles. The van der Waals surface area contributed by atoms with Gasteiger partial charge in [-0.2, -0.15) is 0 Å². The van der Waals surface area contributed by atoms with Gasteiger partial charge in [-0.15, -0.1) is 0 Å². The molecule has 0 amide bonds. The second-order valence-electron chi connectivity index (χ2n) is 6.80. The van der Waals surface area contributed by atoms with E-state index in [1.165, 1.54) is 12.1 Å². The topological polar surface area (TPSA) is 78.7 Å².